The van der Waals surface area contributed by atoms with E-state index in [2.05, 4.69) is 41.2 Å². The summed E-state index contributed by atoms with van der Waals surface area (Å²) in [6.45, 7) is 13.3. The van der Waals surface area contributed by atoms with Crippen LogP contribution in [-0.2, 0) is 36.9 Å². The first-order valence-corrected chi connectivity index (χ1v) is 20.9. The first-order valence-electron chi connectivity index (χ1n) is 20.9. The SMILES string of the molecule is C=CCC[C@H](NC(=O)OCC1c2ccccc2-c2ccccc21)C(=O)OC[C@@H](NC(=O)[C@@H](CC=C)CC(=O)N[C@H](CO)Cc1ccc(OCc2ccccc2)cc1)C(C)(C)C. The molecule has 4 atom stereocenters. The lowest BCUT2D eigenvalue weighted by Crippen LogP contribution is -2.51. The van der Waals surface area contributed by atoms with Crippen molar-refractivity contribution >= 4 is 23.9 Å². The summed E-state index contributed by atoms with van der Waals surface area (Å²) in [6, 6.07) is 31.2. The Hall–Kier alpha value is -6.20. The normalized spacial score (nSPS) is 13.9. The Morgan fingerprint density at radius 2 is 1.41 bits per heavy atom. The number of nitrogens with one attached hydrogen (secondary N) is 3. The van der Waals surface area contributed by atoms with Gasteiger partial charge in [0, 0.05) is 12.3 Å². The average molecular weight is 830 g/mol. The molecule has 4 aromatic carbocycles. The van der Waals surface area contributed by atoms with Gasteiger partial charge in [-0.25, -0.2) is 9.59 Å². The maximum absolute atomic E-state index is 13.7. The number of aliphatic hydroxyl groups is 1. The van der Waals surface area contributed by atoms with Crippen molar-refractivity contribution in [2.75, 3.05) is 19.8 Å². The Morgan fingerprint density at radius 1 is 0.770 bits per heavy atom. The van der Waals surface area contributed by atoms with Crippen LogP contribution >= 0.6 is 0 Å². The van der Waals surface area contributed by atoms with E-state index in [0.29, 0.717) is 25.2 Å². The van der Waals surface area contributed by atoms with Crippen LogP contribution in [0.3, 0.4) is 0 Å². The van der Waals surface area contributed by atoms with E-state index in [0.717, 1.165) is 33.4 Å². The van der Waals surface area contributed by atoms with Crippen LogP contribution in [0.25, 0.3) is 11.1 Å². The summed E-state index contributed by atoms with van der Waals surface area (Å²) in [5, 5.41) is 18.7. The molecule has 0 aromatic heterocycles. The highest BCUT2D eigenvalue weighted by Gasteiger charge is 2.33. The lowest BCUT2D eigenvalue weighted by molar-refractivity contribution is -0.148. The average Bonchev–Trinajstić information content (AvgIpc) is 3.58. The number of amides is 3. The van der Waals surface area contributed by atoms with Gasteiger partial charge < -0.3 is 35.3 Å². The Bertz CT molecular complexity index is 2050. The van der Waals surface area contributed by atoms with Gasteiger partial charge in [0.25, 0.3) is 0 Å². The van der Waals surface area contributed by atoms with Crippen molar-refractivity contribution in [2.45, 2.75) is 83.5 Å². The molecule has 0 saturated carbocycles. The smallest absolute Gasteiger partial charge is 0.407 e. The zero-order chi connectivity index (χ0) is 43.8. The number of rotatable bonds is 22. The summed E-state index contributed by atoms with van der Waals surface area (Å²) in [7, 11) is 0. The van der Waals surface area contributed by atoms with E-state index in [4.69, 9.17) is 14.2 Å². The van der Waals surface area contributed by atoms with Gasteiger partial charge in [-0.05, 0) is 76.6 Å². The van der Waals surface area contributed by atoms with Crippen LogP contribution in [0.2, 0.25) is 0 Å². The summed E-state index contributed by atoms with van der Waals surface area (Å²) in [5.41, 5.74) is 5.75. The third-order valence-corrected chi connectivity index (χ3v) is 10.8. The Kier molecular flexibility index (Phi) is 16.9. The van der Waals surface area contributed by atoms with Crippen molar-refractivity contribution in [3.05, 3.63) is 151 Å². The molecule has 0 fully saturated rings. The standard InChI is InChI=1S/C50H59N3O8/c1-6-8-23-44(52-49(58)61-32-43-41-21-14-12-19-39(41)40-20-13-15-22-42(40)43)48(57)60-33-45(50(3,4)5)53-47(56)36(16-7-2)29-46(55)51-37(30-54)28-34-24-26-38(27-25-34)59-31-35-17-10-9-11-18-35/h6-7,9-15,17-22,24-27,36-37,43-45,54H,1-2,8,16,23,28-33H2,3-5H3,(H,51,55)(H,52,58)(H,53,56)/t36-,37-,44-,45+/m0/s1. The number of hydrogen-bond donors (Lipinski definition) is 4. The van der Waals surface area contributed by atoms with E-state index < -0.39 is 53.3 Å². The van der Waals surface area contributed by atoms with E-state index >= 15 is 0 Å². The molecule has 61 heavy (non-hydrogen) atoms. The van der Waals surface area contributed by atoms with Crippen LogP contribution < -0.4 is 20.7 Å². The molecule has 11 nitrogen and oxygen atoms in total. The molecule has 3 amide bonds. The summed E-state index contributed by atoms with van der Waals surface area (Å²) in [4.78, 5) is 53.6. The molecule has 0 bridgehead atoms. The number of carbonyl (C=O) groups is 4. The van der Waals surface area contributed by atoms with Crippen LogP contribution in [-0.4, -0.2) is 66.9 Å². The molecule has 0 aliphatic heterocycles. The molecule has 0 unspecified atom stereocenters. The largest absolute Gasteiger partial charge is 0.489 e. The first-order chi connectivity index (χ1) is 29.4. The Morgan fingerprint density at radius 3 is 2.02 bits per heavy atom. The number of carbonyl (C=O) groups excluding carboxylic acids is 4. The summed E-state index contributed by atoms with van der Waals surface area (Å²) in [6.07, 6.45) is 3.60. The molecule has 322 valence electrons. The monoisotopic (exact) mass is 829 g/mol. The van der Waals surface area contributed by atoms with Crippen molar-refractivity contribution in [1.82, 2.24) is 16.0 Å². The Labute approximate surface area is 359 Å². The minimum absolute atomic E-state index is 0.0886. The maximum atomic E-state index is 13.7. The molecular formula is C50H59N3O8. The fourth-order valence-electron chi connectivity index (χ4n) is 7.28. The molecular weight excluding hydrogens is 771 g/mol. The van der Waals surface area contributed by atoms with E-state index in [1.165, 1.54) is 0 Å². The summed E-state index contributed by atoms with van der Waals surface area (Å²) >= 11 is 0. The van der Waals surface area contributed by atoms with Crippen molar-refractivity contribution in [1.29, 1.82) is 0 Å². The number of ether oxygens (including phenoxy) is 3. The minimum atomic E-state index is -1.02. The second-order valence-corrected chi connectivity index (χ2v) is 16.4. The molecule has 0 saturated heterocycles. The number of benzene rings is 4. The minimum Gasteiger partial charge on any atom is -0.489 e. The quantitative estimate of drug-likeness (QED) is 0.0463. The highest BCUT2D eigenvalue weighted by molar-refractivity contribution is 5.86. The van der Waals surface area contributed by atoms with Crippen molar-refractivity contribution in [3.8, 4) is 16.9 Å². The molecule has 11 heteroatoms. The molecule has 1 aliphatic carbocycles. The number of esters is 1. The summed E-state index contributed by atoms with van der Waals surface area (Å²) in [5.74, 6) is -1.69. The third-order valence-electron chi connectivity index (χ3n) is 10.8. The van der Waals surface area contributed by atoms with Gasteiger partial charge in [-0.3, -0.25) is 9.59 Å². The van der Waals surface area contributed by atoms with Crippen LogP contribution in [0.15, 0.2) is 128 Å². The molecule has 4 N–H and O–H groups in total. The van der Waals surface area contributed by atoms with Crippen LogP contribution in [0.5, 0.6) is 5.75 Å². The van der Waals surface area contributed by atoms with Crippen LogP contribution in [0.4, 0.5) is 4.79 Å². The maximum Gasteiger partial charge on any atom is 0.407 e. The van der Waals surface area contributed by atoms with Gasteiger partial charge in [0.05, 0.1) is 24.6 Å². The van der Waals surface area contributed by atoms with Gasteiger partial charge >= 0.3 is 12.1 Å². The zero-order valence-corrected chi connectivity index (χ0v) is 35.4. The zero-order valence-electron chi connectivity index (χ0n) is 35.4. The molecule has 0 heterocycles. The van der Waals surface area contributed by atoms with Crippen LogP contribution in [0.1, 0.15) is 74.6 Å². The number of hydrogen-bond acceptors (Lipinski definition) is 8. The molecule has 5 rings (SSSR count). The third kappa shape index (κ3) is 13.4. The molecule has 0 spiro atoms. The van der Waals surface area contributed by atoms with E-state index in [-0.39, 0.29) is 45.0 Å². The predicted molar refractivity (Wildman–Crippen MR) is 237 cm³/mol. The highest BCUT2D eigenvalue weighted by Crippen LogP contribution is 2.44. The second-order valence-electron chi connectivity index (χ2n) is 16.4. The predicted octanol–water partition coefficient (Wildman–Crippen LogP) is 7.82. The van der Waals surface area contributed by atoms with E-state index in [9.17, 15) is 24.3 Å². The number of alkyl carbamates (subject to hydrolysis) is 1. The first kappa shape index (κ1) is 45.9. The molecule has 1 aliphatic rings. The topological polar surface area (TPSA) is 152 Å². The van der Waals surface area contributed by atoms with E-state index in [1.54, 1.807) is 12.2 Å². The number of allylic oxidation sites excluding steroid dienone is 2. The lowest BCUT2D eigenvalue weighted by atomic mass is 9.86. The van der Waals surface area contributed by atoms with Crippen molar-refractivity contribution in [3.63, 3.8) is 0 Å². The van der Waals surface area contributed by atoms with E-state index in [1.807, 2.05) is 112 Å². The van der Waals surface area contributed by atoms with Crippen LogP contribution in [0, 0.1) is 11.3 Å². The highest BCUT2D eigenvalue weighted by atomic mass is 16.6. The summed E-state index contributed by atoms with van der Waals surface area (Å²) < 4.78 is 17.3. The van der Waals surface area contributed by atoms with Gasteiger partial charge in [-0.1, -0.05) is 124 Å². The van der Waals surface area contributed by atoms with Gasteiger partial charge in [-0.2, -0.15) is 0 Å². The number of aliphatic hydroxyl groups excluding tert-OH is 1. The second kappa shape index (κ2) is 22.4. The van der Waals surface area contributed by atoms with Gasteiger partial charge in [0.2, 0.25) is 11.8 Å². The van der Waals surface area contributed by atoms with Gasteiger partial charge in [-0.15, -0.1) is 13.2 Å². The van der Waals surface area contributed by atoms with Crippen molar-refractivity contribution in [2.24, 2.45) is 11.3 Å². The molecule has 0 radical (unpaired) electrons. The lowest BCUT2D eigenvalue weighted by Gasteiger charge is -2.32. The fraction of sp³-hybridized carbons (Fsp3) is 0.360. The van der Waals surface area contributed by atoms with Crippen molar-refractivity contribution < 1.29 is 38.5 Å². The number of fused-ring (bicyclic) bond motifs is 3. The Balaban J connectivity index is 1.12. The van der Waals surface area contributed by atoms with Gasteiger partial charge in [0.15, 0.2) is 0 Å². The fourth-order valence-corrected chi connectivity index (χ4v) is 7.28. The molecule has 4 aromatic rings. The van der Waals surface area contributed by atoms with Gasteiger partial charge in [0.1, 0.15) is 31.6 Å².